The molecule has 64 valence electrons. The van der Waals surface area contributed by atoms with Crippen molar-refractivity contribution >= 4 is 43.3 Å². The van der Waals surface area contributed by atoms with Crippen LogP contribution < -0.4 is 0 Å². The van der Waals surface area contributed by atoms with Gasteiger partial charge in [0.1, 0.15) is 0 Å². The van der Waals surface area contributed by atoms with E-state index in [9.17, 15) is 0 Å². The van der Waals surface area contributed by atoms with Crippen molar-refractivity contribution in [2.24, 2.45) is 0 Å². The van der Waals surface area contributed by atoms with E-state index >= 15 is 0 Å². The van der Waals surface area contributed by atoms with Gasteiger partial charge in [0, 0.05) is 12.5 Å². The van der Waals surface area contributed by atoms with E-state index in [1.54, 1.807) is 0 Å². The number of hydrogen-bond acceptors (Lipinski definition) is 6. The Morgan fingerprint density at radius 1 is 0.818 bits per heavy atom. The van der Waals surface area contributed by atoms with E-state index in [1.807, 2.05) is 0 Å². The Labute approximate surface area is 81.6 Å². The second-order valence-electron chi connectivity index (χ2n) is 1.41. The first kappa shape index (κ1) is 17.6. The summed E-state index contributed by atoms with van der Waals surface area (Å²) in [6, 6.07) is 0. The van der Waals surface area contributed by atoms with Gasteiger partial charge in [0.2, 0.25) is 0 Å². The molecule has 6 nitrogen and oxygen atoms in total. The van der Waals surface area contributed by atoms with Crippen LogP contribution in [0.1, 0.15) is 0 Å². The molecule has 0 spiro atoms. The second-order valence-corrected chi connectivity index (χ2v) is 4.22. The zero-order chi connectivity index (χ0) is 9.00. The predicted octanol–water partition coefficient (Wildman–Crippen LogP) is -2.06. The van der Waals surface area contributed by atoms with E-state index < -0.39 is 20.2 Å². The van der Waals surface area contributed by atoms with Gasteiger partial charge in [-0.15, -0.1) is 0 Å². The van der Waals surface area contributed by atoms with Crippen molar-refractivity contribution in [1.29, 1.82) is 0 Å². The maximum atomic E-state index is 9.08. The molecule has 0 rings (SSSR count). The minimum Gasteiger partial charge on any atom is -0.748 e. The van der Waals surface area contributed by atoms with Crippen molar-refractivity contribution in [1.82, 2.24) is 0 Å². The Kier molecular flexibility index (Phi) is 9.83. The molecule has 0 N–H and O–H groups in total. The van der Waals surface area contributed by atoms with Gasteiger partial charge in [-0.1, -0.05) is 0 Å². The fourth-order valence-corrected chi connectivity index (χ4v) is 0. The Balaban J connectivity index is -0.000000107. The van der Waals surface area contributed by atoms with Gasteiger partial charge in [0.25, 0.3) is 0 Å². The van der Waals surface area contributed by atoms with Crippen LogP contribution >= 0.6 is 0 Å². The molecule has 0 saturated heterocycles. The van der Waals surface area contributed by atoms with E-state index in [0.29, 0.717) is 12.5 Å². The summed E-state index contributed by atoms with van der Waals surface area (Å²) in [5, 5.41) is 0. The minimum absolute atomic E-state index is 0. The Hall–Kier alpha value is 0.586. The average Bonchev–Trinajstić information content (AvgIpc) is 1.12. The minimum atomic E-state index is -3.92. The summed E-state index contributed by atoms with van der Waals surface area (Å²) in [7, 11) is -7.83. The smallest absolute Gasteiger partial charge is 0.748 e. The van der Waals surface area contributed by atoms with Gasteiger partial charge in [0.05, 0.1) is 20.2 Å². The molecule has 0 atom stereocenters. The van der Waals surface area contributed by atoms with Gasteiger partial charge in [-0.05, 0) is 0 Å². The molecule has 0 amide bonds. The predicted molar refractivity (Wildman–Crippen MR) is 37.0 cm³/mol. The Bertz CT molecular complexity index is 215. The Morgan fingerprint density at radius 3 is 0.818 bits per heavy atom. The van der Waals surface area contributed by atoms with Gasteiger partial charge in [-0.2, -0.15) is 0 Å². The van der Waals surface area contributed by atoms with Gasteiger partial charge in [-0.3, -0.25) is 0 Å². The van der Waals surface area contributed by atoms with Crippen molar-refractivity contribution in [2.45, 2.75) is 0 Å². The fraction of sp³-hybridized carbons (Fsp3) is 1.00. The summed E-state index contributed by atoms with van der Waals surface area (Å²) in [4.78, 5) is 0. The van der Waals surface area contributed by atoms with Crippen molar-refractivity contribution in [3.63, 3.8) is 0 Å². The normalized spacial score (nSPS) is 10.5. The molecule has 0 aliphatic carbocycles. The topological polar surface area (TPSA) is 114 Å². The van der Waals surface area contributed by atoms with E-state index in [1.165, 1.54) is 0 Å². The molecule has 9 heteroatoms. The summed E-state index contributed by atoms with van der Waals surface area (Å²) >= 11 is 0. The molecule has 0 aliphatic rings. The summed E-state index contributed by atoms with van der Waals surface area (Å²) in [5.41, 5.74) is 0. The second kappa shape index (κ2) is 6.14. The maximum absolute atomic E-state index is 9.08. The van der Waals surface area contributed by atoms with Crippen LogP contribution in [0, 0.1) is 0 Å². The molecule has 0 bridgehead atoms. The molecule has 0 heterocycles. The van der Waals surface area contributed by atoms with Crippen LogP contribution in [0.5, 0.6) is 0 Å². The summed E-state index contributed by atoms with van der Waals surface area (Å²) < 4.78 is 54.5. The third-order valence-electron chi connectivity index (χ3n) is 0. The quantitative estimate of drug-likeness (QED) is 0.338. The van der Waals surface area contributed by atoms with Crippen LogP contribution in [0.4, 0.5) is 0 Å². The molecular formula is C2H6MgO6S2. The molecule has 0 unspecified atom stereocenters. The molecule has 0 aliphatic heterocycles. The SMILES string of the molecule is CS(=O)(=O)[O-].CS(=O)(=O)[O-].[Mg+2]. The van der Waals surface area contributed by atoms with Gasteiger partial charge in [0.15, 0.2) is 0 Å². The molecule has 0 aromatic rings. The zero-order valence-electron chi connectivity index (χ0n) is 5.97. The molecule has 0 aromatic carbocycles. The molecule has 0 saturated carbocycles. The van der Waals surface area contributed by atoms with E-state index in [4.69, 9.17) is 25.9 Å². The van der Waals surface area contributed by atoms with E-state index in [-0.39, 0.29) is 23.1 Å². The summed E-state index contributed by atoms with van der Waals surface area (Å²) in [6.07, 6.45) is 1.21. The number of hydrogen-bond donors (Lipinski definition) is 0. The molecule has 0 aromatic heterocycles. The van der Waals surface area contributed by atoms with Crippen LogP contribution in [-0.2, 0) is 20.2 Å². The first-order valence-electron chi connectivity index (χ1n) is 1.82. The van der Waals surface area contributed by atoms with Gasteiger partial charge >= 0.3 is 23.1 Å². The van der Waals surface area contributed by atoms with Crippen molar-refractivity contribution < 1.29 is 25.9 Å². The van der Waals surface area contributed by atoms with Crippen LogP contribution in [0.25, 0.3) is 0 Å². The Morgan fingerprint density at radius 2 is 0.818 bits per heavy atom. The maximum Gasteiger partial charge on any atom is 2.00 e. The van der Waals surface area contributed by atoms with Gasteiger partial charge < -0.3 is 9.11 Å². The van der Waals surface area contributed by atoms with Crippen molar-refractivity contribution in [3.8, 4) is 0 Å². The third kappa shape index (κ3) is 2270. The van der Waals surface area contributed by atoms with E-state index in [0.717, 1.165) is 0 Å². The molecular weight excluding hydrogens is 208 g/mol. The summed E-state index contributed by atoms with van der Waals surface area (Å²) in [6.45, 7) is 0. The average molecular weight is 215 g/mol. The largest absolute Gasteiger partial charge is 2.00 e. The third-order valence-corrected chi connectivity index (χ3v) is 0. The van der Waals surface area contributed by atoms with Crippen LogP contribution in [0.3, 0.4) is 0 Å². The van der Waals surface area contributed by atoms with E-state index in [2.05, 4.69) is 0 Å². The van der Waals surface area contributed by atoms with Crippen molar-refractivity contribution in [2.75, 3.05) is 12.5 Å². The molecule has 0 radical (unpaired) electrons. The van der Waals surface area contributed by atoms with Crippen molar-refractivity contribution in [3.05, 3.63) is 0 Å². The monoisotopic (exact) mass is 214 g/mol. The standard InChI is InChI=1S/2CH4O3S.Mg/c2*1-5(2,3)4;/h2*1H3,(H,2,3,4);/q;;+2/p-2. The fourth-order valence-electron chi connectivity index (χ4n) is 0. The first-order valence-corrected chi connectivity index (χ1v) is 5.45. The van der Waals surface area contributed by atoms with Crippen LogP contribution in [0.15, 0.2) is 0 Å². The van der Waals surface area contributed by atoms with Gasteiger partial charge in [-0.25, -0.2) is 16.8 Å². The van der Waals surface area contributed by atoms with Crippen LogP contribution in [0.2, 0.25) is 0 Å². The zero-order valence-corrected chi connectivity index (χ0v) is 9.02. The molecule has 11 heavy (non-hydrogen) atoms. The molecule has 0 fully saturated rings. The summed E-state index contributed by atoms with van der Waals surface area (Å²) in [5.74, 6) is 0. The van der Waals surface area contributed by atoms with Crippen LogP contribution in [-0.4, -0.2) is 61.5 Å². The first-order chi connectivity index (χ1) is 4.00. The number of rotatable bonds is 0.